The van der Waals surface area contributed by atoms with Crippen LogP contribution in [-0.2, 0) is 33.6 Å². The van der Waals surface area contributed by atoms with E-state index >= 15 is 0 Å². The van der Waals surface area contributed by atoms with Crippen LogP contribution < -0.4 is 5.32 Å². The molecule has 0 unspecified atom stereocenters. The highest BCUT2D eigenvalue weighted by Gasteiger charge is 2.69. The van der Waals surface area contributed by atoms with Gasteiger partial charge in [-0.15, -0.1) is 0 Å². The smallest absolute Gasteiger partial charge is 0.287 e. The van der Waals surface area contributed by atoms with Gasteiger partial charge in [0.05, 0.1) is 6.04 Å². The van der Waals surface area contributed by atoms with Crippen molar-refractivity contribution in [1.29, 1.82) is 0 Å². The molecule has 0 aromatic heterocycles. The van der Waals surface area contributed by atoms with E-state index in [-0.39, 0.29) is 108 Å². The zero-order valence-electron chi connectivity index (χ0n) is 32.3. The first-order valence-electron chi connectivity index (χ1n) is 19.8. The number of Topliss-reactive ketones (excluding diaryl/α,β-unsaturated/α-hetero) is 3. The van der Waals surface area contributed by atoms with Crippen molar-refractivity contribution in [2.75, 3.05) is 13.1 Å². The summed E-state index contributed by atoms with van der Waals surface area (Å²) in [6.07, 6.45) is 8.85. The van der Waals surface area contributed by atoms with Crippen LogP contribution in [-0.4, -0.2) is 76.0 Å². The van der Waals surface area contributed by atoms with Crippen LogP contribution >= 0.6 is 0 Å². The fourth-order valence-corrected chi connectivity index (χ4v) is 9.19. The number of hydrogen-bond acceptors (Lipinski definition) is 7. The van der Waals surface area contributed by atoms with Crippen molar-refractivity contribution in [1.82, 2.24) is 15.1 Å². The van der Waals surface area contributed by atoms with E-state index in [0.29, 0.717) is 19.4 Å². The number of nitrogens with one attached hydrogen (secondary N) is 1. The van der Waals surface area contributed by atoms with Crippen LogP contribution in [0.4, 0.5) is 0 Å². The number of ketones is 3. The molecule has 10 nitrogen and oxygen atoms in total. The number of likely N-dealkylation sites (tertiary alicyclic amines) is 1. The van der Waals surface area contributed by atoms with Crippen LogP contribution in [0.3, 0.4) is 0 Å². The lowest BCUT2D eigenvalue weighted by molar-refractivity contribution is -0.154. The van der Waals surface area contributed by atoms with Gasteiger partial charge in [-0.3, -0.25) is 38.5 Å². The van der Waals surface area contributed by atoms with Crippen LogP contribution in [0.25, 0.3) is 0 Å². The molecule has 5 fully saturated rings. The van der Waals surface area contributed by atoms with Crippen molar-refractivity contribution < 1.29 is 33.6 Å². The van der Waals surface area contributed by atoms with Gasteiger partial charge in [-0.25, -0.2) is 0 Å². The van der Waals surface area contributed by atoms with Crippen molar-refractivity contribution >= 4 is 41.0 Å². The Morgan fingerprint density at radius 3 is 2.02 bits per heavy atom. The second-order valence-corrected chi connectivity index (χ2v) is 19.2. The van der Waals surface area contributed by atoms with E-state index in [1.165, 1.54) is 4.90 Å². The van der Waals surface area contributed by atoms with Gasteiger partial charge in [0.2, 0.25) is 23.5 Å². The fraction of sp³-hybridized carbons (Fsp3) is 0.829. The molecule has 284 valence electrons. The Balaban J connectivity index is 1.33. The molecule has 0 radical (unpaired) electrons. The molecule has 51 heavy (non-hydrogen) atoms. The molecular formula is C41H63N3O7. The summed E-state index contributed by atoms with van der Waals surface area (Å²) >= 11 is 0. The van der Waals surface area contributed by atoms with Gasteiger partial charge in [0.15, 0.2) is 5.78 Å². The number of nitrogens with zero attached hydrogens (tertiary/aromatic N) is 2. The van der Waals surface area contributed by atoms with Crippen LogP contribution in [0.1, 0.15) is 145 Å². The molecule has 2 saturated carbocycles. The first-order chi connectivity index (χ1) is 23.8. The lowest BCUT2D eigenvalue weighted by Crippen LogP contribution is -2.50. The molecular weight excluding hydrogens is 646 g/mol. The predicted molar refractivity (Wildman–Crippen MR) is 193 cm³/mol. The van der Waals surface area contributed by atoms with Gasteiger partial charge in [-0.05, 0) is 59.7 Å². The third kappa shape index (κ3) is 9.37. The maximum Gasteiger partial charge on any atom is 0.287 e. The number of carbonyl (C=O) groups excluding carboxylic acids is 7. The maximum absolute atomic E-state index is 14.5. The van der Waals surface area contributed by atoms with E-state index in [2.05, 4.69) is 19.2 Å². The van der Waals surface area contributed by atoms with Gasteiger partial charge in [-0.2, -0.15) is 0 Å². The summed E-state index contributed by atoms with van der Waals surface area (Å²) in [6.45, 7) is 14.8. The van der Waals surface area contributed by atoms with Gasteiger partial charge in [-0.1, -0.05) is 87.0 Å². The highest BCUT2D eigenvalue weighted by molar-refractivity contribution is 6.37. The standard InChI is InChI=1S/C41H63N3O7/c1-39(2,3)27(23-43-32(47)21-40(4,5)22-33(43)48)20-29(45)18-26-15-13-11-9-8-10-12-14-25(36(49)37(50)42-28-16-17-28)19-31(46)35-34-30(41(34,6)7)24-44(35)38(26)51/h25-28,30,34-35H,8-24H2,1-7H3,(H,42,50)/t25-,26+,27+,30-,34-,35+/m0/s1. The Morgan fingerprint density at radius 1 is 0.843 bits per heavy atom. The summed E-state index contributed by atoms with van der Waals surface area (Å²) in [5, 5.41) is 2.81. The van der Waals surface area contributed by atoms with Crippen molar-refractivity contribution in [3.8, 4) is 0 Å². The van der Waals surface area contributed by atoms with E-state index in [4.69, 9.17) is 0 Å². The van der Waals surface area contributed by atoms with Crippen molar-refractivity contribution in [3.63, 3.8) is 0 Å². The third-order valence-electron chi connectivity index (χ3n) is 12.9. The monoisotopic (exact) mass is 709 g/mol. The largest absolute Gasteiger partial charge is 0.347 e. The molecule has 1 N–H and O–H groups in total. The number of carbonyl (C=O) groups is 7. The molecule has 0 bridgehead atoms. The van der Waals surface area contributed by atoms with Crippen molar-refractivity contribution in [3.05, 3.63) is 0 Å². The van der Waals surface area contributed by atoms with Gasteiger partial charge >= 0.3 is 0 Å². The molecule has 0 spiro atoms. The van der Waals surface area contributed by atoms with Crippen molar-refractivity contribution in [2.45, 2.75) is 157 Å². The van der Waals surface area contributed by atoms with Gasteiger partial charge in [0, 0.05) is 63.1 Å². The van der Waals surface area contributed by atoms with E-state index in [1.807, 2.05) is 34.6 Å². The van der Waals surface area contributed by atoms with E-state index in [0.717, 1.165) is 51.4 Å². The van der Waals surface area contributed by atoms with E-state index in [1.54, 1.807) is 4.90 Å². The maximum atomic E-state index is 14.5. The zero-order valence-corrected chi connectivity index (χ0v) is 32.3. The summed E-state index contributed by atoms with van der Waals surface area (Å²) < 4.78 is 0. The molecule has 2 aliphatic carbocycles. The minimum Gasteiger partial charge on any atom is -0.347 e. The number of imide groups is 1. The molecule has 0 aromatic rings. The summed E-state index contributed by atoms with van der Waals surface area (Å²) in [7, 11) is 0. The second kappa shape index (κ2) is 15.2. The molecule has 3 saturated heterocycles. The SMILES string of the molecule is CC1(C)CC(=O)N(C[C@@H](CC(=O)C[C@H]2CCCCCCCC[C@H](C(=O)C(=O)NC3CC3)CC(=O)[C@@H]3[C@@H]4[C@H](CN3C2=O)C4(C)C)C(C)(C)C)C(=O)C1. The average molecular weight is 710 g/mol. The topological polar surface area (TPSA) is 138 Å². The first kappa shape index (κ1) is 39.3. The highest BCUT2D eigenvalue weighted by atomic mass is 16.2. The van der Waals surface area contributed by atoms with Gasteiger partial charge in [0.25, 0.3) is 5.91 Å². The molecule has 10 heteroatoms. The molecule has 4 amide bonds. The first-order valence-corrected chi connectivity index (χ1v) is 19.8. The summed E-state index contributed by atoms with van der Waals surface area (Å²) in [4.78, 5) is 98.0. The summed E-state index contributed by atoms with van der Waals surface area (Å²) in [5.74, 6) is -3.26. The summed E-state index contributed by atoms with van der Waals surface area (Å²) in [6, 6.07) is -0.611. The second-order valence-electron chi connectivity index (χ2n) is 19.2. The molecule has 5 aliphatic rings. The highest BCUT2D eigenvalue weighted by Crippen LogP contribution is 2.65. The van der Waals surface area contributed by atoms with Crippen LogP contribution in [0.5, 0.6) is 0 Å². The number of hydrogen-bond donors (Lipinski definition) is 1. The van der Waals surface area contributed by atoms with Crippen LogP contribution in [0.15, 0.2) is 0 Å². The Hall–Kier alpha value is -2.91. The Morgan fingerprint density at radius 2 is 1.43 bits per heavy atom. The minimum absolute atomic E-state index is 0.00751. The Kier molecular flexibility index (Phi) is 11.7. The molecule has 3 heterocycles. The van der Waals surface area contributed by atoms with Crippen molar-refractivity contribution in [2.24, 2.45) is 45.8 Å². The Bertz CT molecular complexity index is 1390. The number of amides is 4. The predicted octanol–water partition coefficient (Wildman–Crippen LogP) is 5.83. The number of rotatable bonds is 9. The van der Waals surface area contributed by atoms with Gasteiger partial charge < -0.3 is 10.2 Å². The third-order valence-corrected chi connectivity index (χ3v) is 12.9. The summed E-state index contributed by atoms with van der Waals surface area (Å²) in [5.41, 5.74) is -0.848. The van der Waals surface area contributed by atoms with E-state index < -0.39 is 29.6 Å². The van der Waals surface area contributed by atoms with Crippen LogP contribution in [0, 0.1) is 45.8 Å². The number of piperidine rings is 2. The molecule has 6 atom stereocenters. The molecule has 0 aromatic carbocycles. The molecule has 3 aliphatic heterocycles. The number of fused-ring (bicyclic) bond motifs is 3. The van der Waals surface area contributed by atoms with Gasteiger partial charge in [0.1, 0.15) is 5.78 Å². The van der Waals surface area contributed by atoms with E-state index in [9.17, 15) is 33.6 Å². The fourth-order valence-electron chi connectivity index (χ4n) is 9.19. The van der Waals surface area contributed by atoms with Crippen LogP contribution in [0.2, 0.25) is 0 Å². The Labute approximate surface area is 305 Å². The lowest BCUT2D eigenvalue weighted by atomic mass is 9.75. The zero-order chi connectivity index (χ0) is 37.5. The lowest BCUT2D eigenvalue weighted by Gasteiger charge is -2.39. The quantitative estimate of drug-likeness (QED) is 0.235. The normalized spacial score (nSPS) is 30.8. The minimum atomic E-state index is -0.698. The average Bonchev–Trinajstić information content (AvgIpc) is 3.87. The molecule has 5 rings (SSSR count).